The van der Waals surface area contributed by atoms with Crippen LogP contribution in [0.3, 0.4) is 0 Å². The molecule has 168 valence electrons. The van der Waals surface area contributed by atoms with Crippen LogP contribution in [0.25, 0.3) is 10.8 Å². The molecule has 2 heteroatoms. The van der Waals surface area contributed by atoms with Crippen molar-refractivity contribution in [2.24, 2.45) is 35.5 Å². The second-order valence-corrected chi connectivity index (χ2v) is 13.5. The average Bonchev–Trinajstić information content (AvgIpc) is 2.70. The van der Waals surface area contributed by atoms with Crippen molar-refractivity contribution in [3.63, 3.8) is 0 Å². The summed E-state index contributed by atoms with van der Waals surface area (Å²) in [6.45, 7) is 0. The lowest BCUT2D eigenvalue weighted by Crippen LogP contribution is -2.48. The summed E-state index contributed by atoms with van der Waals surface area (Å²) in [5, 5.41) is 24.6. The van der Waals surface area contributed by atoms with E-state index in [9.17, 15) is 10.2 Å². The van der Waals surface area contributed by atoms with Crippen LogP contribution in [-0.4, -0.2) is 10.2 Å². The summed E-state index contributed by atoms with van der Waals surface area (Å²) >= 11 is 0. The molecule has 0 aromatic heterocycles. The van der Waals surface area contributed by atoms with E-state index in [-0.39, 0.29) is 10.8 Å². The van der Waals surface area contributed by atoms with Crippen molar-refractivity contribution < 1.29 is 10.2 Å². The van der Waals surface area contributed by atoms with Crippen molar-refractivity contribution in [2.75, 3.05) is 0 Å². The first kappa shape index (κ1) is 18.7. The molecule has 10 rings (SSSR count). The Balaban J connectivity index is 1.26. The van der Waals surface area contributed by atoms with Gasteiger partial charge in [0.05, 0.1) is 0 Å². The van der Waals surface area contributed by atoms with Gasteiger partial charge in [0.1, 0.15) is 11.5 Å². The number of phenols is 2. The monoisotopic (exact) mass is 428 g/mol. The number of hydrogen-bond acceptors (Lipinski definition) is 2. The van der Waals surface area contributed by atoms with Crippen LogP contribution in [0.2, 0.25) is 0 Å². The fraction of sp³-hybridized carbons (Fsp3) is 0.667. The van der Waals surface area contributed by atoms with Gasteiger partial charge >= 0.3 is 0 Å². The SMILES string of the molecule is Oc1cc2cc(O)c(C34CC5CC(CC(C5)C3)C4)cc2cc1C12CC3CC(CC(C3)C1)C2. The summed E-state index contributed by atoms with van der Waals surface area (Å²) in [7, 11) is 0. The van der Waals surface area contributed by atoms with Crippen LogP contribution < -0.4 is 0 Å². The highest BCUT2D eigenvalue weighted by Crippen LogP contribution is 2.64. The zero-order valence-electron chi connectivity index (χ0n) is 19.2. The molecule has 8 saturated carbocycles. The molecule has 8 bridgehead atoms. The predicted molar refractivity (Wildman–Crippen MR) is 127 cm³/mol. The van der Waals surface area contributed by atoms with Gasteiger partial charge in [0.15, 0.2) is 0 Å². The van der Waals surface area contributed by atoms with Crippen LogP contribution in [0.4, 0.5) is 0 Å². The molecule has 8 fully saturated rings. The van der Waals surface area contributed by atoms with Gasteiger partial charge in [-0.05, 0) is 158 Å². The number of fused-ring (bicyclic) bond motifs is 1. The van der Waals surface area contributed by atoms with Crippen LogP contribution in [0, 0.1) is 35.5 Å². The first-order valence-corrected chi connectivity index (χ1v) is 13.5. The highest BCUT2D eigenvalue weighted by Gasteiger charge is 2.54. The Bertz CT molecular complexity index is 972. The number of hydrogen-bond donors (Lipinski definition) is 2. The van der Waals surface area contributed by atoms with Crippen molar-refractivity contribution >= 4 is 10.8 Å². The lowest BCUT2D eigenvalue weighted by molar-refractivity contribution is -0.00612. The van der Waals surface area contributed by atoms with Crippen molar-refractivity contribution in [3.05, 3.63) is 35.4 Å². The standard InChI is InChI=1S/C30H36O2/c31-27-9-24-10-28(32)26(30-14-20-4-21(15-30)6-22(5-20)16-30)8-23(24)7-25(27)29-11-17-1-18(12-29)3-19(2-17)13-29/h7-10,17-22,31-32H,1-6,11-16H2. The molecule has 32 heavy (non-hydrogen) atoms. The van der Waals surface area contributed by atoms with Crippen molar-refractivity contribution in [2.45, 2.75) is 87.9 Å². The molecule has 8 aliphatic carbocycles. The smallest absolute Gasteiger partial charge is 0.119 e. The molecule has 0 spiro atoms. The molecule has 0 atom stereocenters. The van der Waals surface area contributed by atoms with Crippen LogP contribution >= 0.6 is 0 Å². The summed E-state index contributed by atoms with van der Waals surface area (Å²) < 4.78 is 0. The predicted octanol–water partition coefficient (Wildman–Crippen LogP) is 7.19. The zero-order chi connectivity index (χ0) is 21.2. The Morgan fingerprint density at radius 3 is 1.06 bits per heavy atom. The molecule has 0 amide bonds. The lowest BCUT2D eigenvalue weighted by atomic mass is 9.47. The summed E-state index contributed by atoms with van der Waals surface area (Å²) in [5.74, 6) is 6.19. The van der Waals surface area contributed by atoms with E-state index in [0.29, 0.717) is 11.5 Å². The Kier molecular flexibility index (Phi) is 3.53. The van der Waals surface area contributed by atoms with Gasteiger partial charge in [0.2, 0.25) is 0 Å². The van der Waals surface area contributed by atoms with E-state index in [0.717, 1.165) is 40.9 Å². The van der Waals surface area contributed by atoms with Gasteiger partial charge in [0, 0.05) is 11.1 Å². The molecular weight excluding hydrogens is 392 g/mol. The fourth-order valence-electron chi connectivity index (χ4n) is 11.1. The largest absolute Gasteiger partial charge is 0.508 e. The molecule has 2 nitrogen and oxygen atoms in total. The molecule has 0 heterocycles. The van der Waals surface area contributed by atoms with E-state index in [1.807, 2.05) is 12.1 Å². The summed E-state index contributed by atoms with van der Waals surface area (Å²) in [6.07, 6.45) is 16.2. The minimum absolute atomic E-state index is 0.200. The third kappa shape index (κ3) is 2.48. The summed E-state index contributed by atoms with van der Waals surface area (Å²) in [6, 6.07) is 8.63. The number of benzene rings is 2. The highest BCUT2D eigenvalue weighted by molar-refractivity contribution is 5.88. The minimum Gasteiger partial charge on any atom is -0.508 e. The Morgan fingerprint density at radius 1 is 0.469 bits per heavy atom. The van der Waals surface area contributed by atoms with Crippen molar-refractivity contribution in [3.8, 4) is 11.5 Å². The van der Waals surface area contributed by atoms with Gasteiger partial charge in [-0.2, -0.15) is 0 Å². The van der Waals surface area contributed by atoms with Crippen LogP contribution in [0.15, 0.2) is 24.3 Å². The maximum atomic E-state index is 11.2. The molecule has 0 aliphatic heterocycles. The van der Waals surface area contributed by atoms with Gasteiger partial charge in [-0.25, -0.2) is 0 Å². The Hall–Kier alpha value is -1.70. The Morgan fingerprint density at radius 2 is 0.750 bits per heavy atom. The van der Waals surface area contributed by atoms with E-state index in [2.05, 4.69) is 12.1 Å². The topological polar surface area (TPSA) is 40.5 Å². The van der Waals surface area contributed by atoms with E-state index < -0.39 is 0 Å². The number of phenolic OH excluding ortho intramolecular Hbond substituents is 2. The second-order valence-electron chi connectivity index (χ2n) is 13.5. The van der Waals surface area contributed by atoms with E-state index in [1.54, 1.807) is 0 Å². The van der Waals surface area contributed by atoms with Gasteiger partial charge in [-0.1, -0.05) is 0 Å². The number of rotatable bonds is 2. The third-order valence-electron chi connectivity index (χ3n) is 11.3. The first-order chi connectivity index (χ1) is 15.5. The first-order valence-electron chi connectivity index (χ1n) is 13.5. The minimum atomic E-state index is 0.200. The zero-order valence-corrected chi connectivity index (χ0v) is 19.2. The lowest BCUT2D eigenvalue weighted by Gasteiger charge is -2.57. The summed E-state index contributed by atoms with van der Waals surface area (Å²) in [5.41, 5.74) is 2.86. The molecule has 2 N–H and O–H groups in total. The summed E-state index contributed by atoms with van der Waals surface area (Å²) in [4.78, 5) is 0. The quantitative estimate of drug-likeness (QED) is 0.531. The van der Waals surface area contributed by atoms with Gasteiger partial charge in [-0.3, -0.25) is 0 Å². The second kappa shape index (κ2) is 6.05. The maximum Gasteiger partial charge on any atom is 0.119 e. The fourth-order valence-corrected chi connectivity index (χ4v) is 11.1. The average molecular weight is 429 g/mol. The molecule has 2 aromatic rings. The Labute approximate surface area is 191 Å². The van der Waals surface area contributed by atoms with E-state index >= 15 is 0 Å². The van der Waals surface area contributed by atoms with Crippen molar-refractivity contribution in [1.29, 1.82) is 0 Å². The molecule has 2 aromatic carbocycles. The maximum absolute atomic E-state index is 11.2. The van der Waals surface area contributed by atoms with Crippen molar-refractivity contribution in [1.82, 2.24) is 0 Å². The molecule has 0 unspecified atom stereocenters. The number of aromatic hydroxyl groups is 2. The van der Waals surface area contributed by atoms with Crippen LogP contribution in [0.1, 0.15) is 88.2 Å². The molecule has 0 saturated heterocycles. The highest BCUT2D eigenvalue weighted by atomic mass is 16.3. The third-order valence-corrected chi connectivity index (χ3v) is 11.3. The van der Waals surface area contributed by atoms with Gasteiger partial charge < -0.3 is 10.2 Å². The van der Waals surface area contributed by atoms with E-state index in [4.69, 9.17) is 0 Å². The molecule has 8 aliphatic rings. The van der Waals surface area contributed by atoms with Crippen LogP contribution in [-0.2, 0) is 10.8 Å². The molecular formula is C30H36O2. The van der Waals surface area contributed by atoms with Gasteiger partial charge in [0.25, 0.3) is 0 Å². The normalized spacial score (nSPS) is 45.8. The van der Waals surface area contributed by atoms with Gasteiger partial charge in [-0.15, -0.1) is 0 Å². The molecule has 0 radical (unpaired) electrons. The van der Waals surface area contributed by atoms with Crippen LogP contribution in [0.5, 0.6) is 11.5 Å². The van der Waals surface area contributed by atoms with E-state index in [1.165, 1.54) is 93.6 Å².